The first-order valence-electron chi connectivity index (χ1n) is 16.7. The second kappa shape index (κ2) is 20.4. The monoisotopic (exact) mass is 678 g/mol. The molecule has 4 atom stereocenters. The predicted molar refractivity (Wildman–Crippen MR) is 192 cm³/mol. The van der Waals surface area contributed by atoms with Gasteiger partial charge in [-0.05, 0) is 61.5 Å². The first-order valence-corrected chi connectivity index (χ1v) is 16.7. The van der Waals surface area contributed by atoms with Crippen LogP contribution in [0.5, 0.6) is 0 Å². The molecule has 0 aliphatic heterocycles. The van der Waals surface area contributed by atoms with Gasteiger partial charge in [0.05, 0.1) is 6.04 Å². The molecule has 11 N–H and O–H groups in total. The van der Waals surface area contributed by atoms with Crippen LogP contribution in [0.15, 0.2) is 70.6 Å². The minimum Gasteiger partial charge on any atom is -0.480 e. The SMILES string of the molecule is CC(C)(C)C[C@H](Cc1ccccc1)C(=O)N[C@H](Cc1ccccc1)C(=O)C[C@H](CCCN=C(N)N)C(=O)N[C@H](CCCN=C(N)N)C(=O)O. The number of carboxylic acids is 1. The maximum Gasteiger partial charge on any atom is 0.326 e. The lowest BCUT2D eigenvalue weighted by Gasteiger charge is -2.28. The van der Waals surface area contributed by atoms with Crippen LogP contribution in [0.3, 0.4) is 0 Å². The van der Waals surface area contributed by atoms with Gasteiger partial charge < -0.3 is 38.7 Å². The average Bonchev–Trinajstić information content (AvgIpc) is 3.03. The molecule has 0 aromatic heterocycles. The highest BCUT2D eigenvalue weighted by atomic mass is 16.4. The minimum absolute atomic E-state index is 0.0792. The summed E-state index contributed by atoms with van der Waals surface area (Å²) in [6.45, 7) is 6.63. The molecule has 268 valence electrons. The van der Waals surface area contributed by atoms with Gasteiger partial charge in [0.25, 0.3) is 0 Å². The van der Waals surface area contributed by atoms with Gasteiger partial charge in [-0.15, -0.1) is 0 Å². The lowest BCUT2D eigenvalue weighted by molar-refractivity contribution is -0.143. The molecule has 2 aromatic carbocycles. The summed E-state index contributed by atoms with van der Waals surface area (Å²) < 4.78 is 0. The number of hydrogen-bond acceptors (Lipinski definition) is 6. The highest BCUT2D eigenvalue weighted by Crippen LogP contribution is 2.27. The number of nitrogens with two attached hydrogens (primary N) is 4. The van der Waals surface area contributed by atoms with E-state index in [0.717, 1.165) is 11.1 Å². The number of hydrogen-bond donors (Lipinski definition) is 7. The quantitative estimate of drug-likeness (QED) is 0.0581. The van der Waals surface area contributed by atoms with Gasteiger partial charge in [0.2, 0.25) is 11.8 Å². The van der Waals surface area contributed by atoms with E-state index < -0.39 is 35.8 Å². The van der Waals surface area contributed by atoms with Crippen molar-refractivity contribution in [2.45, 2.75) is 84.2 Å². The number of nitrogens with one attached hydrogen (secondary N) is 2. The van der Waals surface area contributed by atoms with Crippen molar-refractivity contribution < 1.29 is 24.3 Å². The van der Waals surface area contributed by atoms with Crippen molar-refractivity contribution in [3.8, 4) is 0 Å². The summed E-state index contributed by atoms with van der Waals surface area (Å²) in [5.41, 5.74) is 23.3. The summed E-state index contributed by atoms with van der Waals surface area (Å²) in [5, 5.41) is 15.4. The zero-order valence-corrected chi connectivity index (χ0v) is 28.9. The van der Waals surface area contributed by atoms with Gasteiger partial charge in [-0.3, -0.25) is 24.4 Å². The zero-order valence-electron chi connectivity index (χ0n) is 28.9. The molecule has 2 aromatic rings. The Kier molecular flexibility index (Phi) is 16.8. The van der Waals surface area contributed by atoms with Gasteiger partial charge in [0.15, 0.2) is 17.7 Å². The van der Waals surface area contributed by atoms with Gasteiger partial charge in [-0.2, -0.15) is 0 Å². The maximum absolute atomic E-state index is 14.1. The summed E-state index contributed by atoms with van der Waals surface area (Å²) >= 11 is 0. The van der Waals surface area contributed by atoms with Crippen LogP contribution in [-0.4, -0.2) is 65.8 Å². The van der Waals surface area contributed by atoms with E-state index >= 15 is 0 Å². The molecule has 2 rings (SSSR count). The zero-order chi connectivity index (χ0) is 36.4. The van der Waals surface area contributed by atoms with Crippen molar-refractivity contribution in [3.05, 3.63) is 71.8 Å². The lowest BCUT2D eigenvalue weighted by Crippen LogP contribution is -2.48. The Balaban J connectivity index is 2.33. The average molecular weight is 679 g/mol. The number of guanidine groups is 2. The van der Waals surface area contributed by atoms with Crippen molar-refractivity contribution in [2.75, 3.05) is 13.1 Å². The molecule has 2 amide bonds. The molecule has 0 saturated carbocycles. The van der Waals surface area contributed by atoms with E-state index in [1.807, 2.05) is 60.7 Å². The number of aliphatic imine (C=N–C) groups is 2. The second-order valence-corrected chi connectivity index (χ2v) is 13.6. The van der Waals surface area contributed by atoms with Gasteiger partial charge >= 0.3 is 5.97 Å². The number of rotatable bonds is 21. The molecule has 0 aliphatic rings. The smallest absolute Gasteiger partial charge is 0.326 e. The molecule has 0 saturated heterocycles. The van der Waals surface area contributed by atoms with E-state index in [9.17, 15) is 24.3 Å². The van der Waals surface area contributed by atoms with Crippen LogP contribution in [0.4, 0.5) is 0 Å². The Hall–Kier alpha value is -4.94. The Morgan fingerprint density at radius 1 is 0.694 bits per heavy atom. The Labute approximate surface area is 289 Å². The summed E-state index contributed by atoms with van der Waals surface area (Å²) in [5.74, 6) is -3.91. The number of Topliss-reactive ketones (excluding diaryl/α,β-unsaturated/α-hetero) is 1. The Bertz CT molecular complexity index is 1400. The van der Waals surface area contributed by atoms with Crippen LogP contribution >= 0.6 is 0 Å². The van der Waals surface area contributed by atoms with Crippen molar-refractivity contribution in [1.29, 1.82) is 0 Å². The largest absolute Gasteiger partial charge is 0.480 e. The number of aliphatic carboxylic acids is 1. The van der Waals surface area contributed by atoms with Crippen LogP contribution in [0, 0.1) is 17.3 Å². The minimum atomic E-state index is -1.22. The molecular formula is C36H54N8O5. The highest BCUT2D eigenvalue weighted by molar-refractivity contribution is 5.94. The topological polar surface area (TPSA) is 241 Å². The molecule has 0 unspecified atom stereocenters. The standard InChI is InChI=1S/C36H54N8O5/c1-36(2,3)23-27(20-24-12-6-4-7-13-24)32(47)44-29(21-25-14-8-5-9-15-25)30(45)22-26(16-10-18-41-34(37)38)31(46)43-28(33(48)49)17-11-19-42-35(39)40/h4-9,12-15,26-29H,10-11,16-23H2,1-3H3,(H,43,46)(H,44,47)(H,48,49)(H4,37,38,41)(H4,39,40,42)/t26-,27-,28+,29+/m0/s1. The number of nitrogens with zero attached hydrogens (tertiary/aromatic N) is 2. The normalized spacial score (nSPS) is 13.6. The van der Waals surface area contributed by atoms with Crippen molar-refractivity contribution in [3.63, 3.8) is 0 Å². The Morgan fingerprint density at radius 3 is 1.65 bits per heavy atom. The fraction of sp³-hybridized carbons (Fsp3) is 0.500. The molecule has 0 radical (unpaired) electrons. The van der Waals surface area contributed by atoms with E-state index in [1.165, 1.54) is 0 Å². The first kappa shape index (κ1) is 40.2. The van der Waals surface area contributed by atoms with Crippen LogP contribution < -0.4 is 33.6 Å². The Morgan fingerprint density at radius 2 is 1.16 bits per heavy atom. The van der Waals surface area contributed by atoms with Crippen LogP contribution in [0.25, 0.3) is 0 Å². The molecule has 0 aliphatic carbocycles. The van der Waals surface area contributed by atoms with Gasteiger partial charge in [-0.1, -0.05) is 81.4 Å². The third kappa shape index (κ3) is 16.6. The van der Waals surface area contributed by atoms with E-state index in [1.54, 1.807) is 0 Å². The first-order chi connectivity index (χ1) is 23.1. The van der Waals surface area contributed by atoms with Crippen molar-refractivity contribution in [2.24, 2.45) is 50.2 Å². The second-order valence-electron chi connectivity index (χ2n) is 13.6. The van der Waals surface area contributed by atoms with E-state index in [-0.39, 0.29) is 67.8 Å². The number of amides is 2. The molecule has 0 heterocycles. The van der Waals surface area contributed by atoms with Crippen LogP contribution in [-0.2, 0) is 32.0 Å². The number of carbonyl (C=O) groups is 4. The van der Waals surface area contributed by atoms with Gasteiger partial charge in [-0.25, -0.2) is 4.79 Å². The maximum atomic E-state index is 14.1. The summed E-state index contributed by atoms with van der Waals surface area (Å²) in [6, 6.07) is 16.9. The molecular weight excluding hydrogens is 624 g/mol. The number of carboxylic acid groups (broad SMARTS) is 1. The van der Waals surface area contributed by atoms with Crippen molar-refractivity contribution in [1.82, 2.24) is 10.6 Å². The van der Waals surface area contributed by atoms with E-state index in [0.29, 0.717) is 25.7 Å². The third-order valence-electron chi connectivity index (χ3n) is 7.93. The van der Waals surface area contributed by atoms with Gasteiger partial charge in [0, 0.05) is 31.3 Å². The summed E-state index contributed by atoms with van der Waals surface area (Å²) in [6.07, 6.45) is 2.07. The third-order valence-corrected chi connectivity index (χ3v) is 7.93. The summed E-state index contributed by atoms with van der Waals surface area (Å²) in [4.78, 5) is 61.4. The number of ketones is 1. The lowest BCUT2D eigenvalue weighted by atomic mass is 9.81. The molecule has 0 bridgehead atoms. The fourth-order valence-corrected chi connectivity index (χ4v) is 5.59. The molecule has 13 heteroatoms. The van der Waals surface area contributed by atoms with Crippen molar-refractivity contribution >= 4 is 35.5 Å². The fourth-order valence-electron chi connectivity index (χ4n) is 5.59. The highest BCUT2D eigenvalue weighted by Gasteiger charge is 2.32. The molecule has 0 spiro atoms. The predicted octanol–water partition coefficient (Wildman–Crippen LogP) is 2.26. The molecule has 0 fully saturated rings. The van der Waals surface area contributed by atoms with Gasteiger partial charge in [0.1, 0.15) is 6.04 Å². The van der Waals surface area contributed by atoms with E-state index in [2.05, 4.69) is 41.4 Å². The van der Waals surface area contributed by atoms with E-state index in [4.69, 9.17) is 22.9 Å². The van der Waals surface area contributed by atoms with Crippen LogP contribution in [0.2, 0.25) is 0 Å². The summed E-state index contributed by atoms with van der Waals surface area (Å²) in [7, 11) is 0. The molecule has 49 heavy (non-hydrogen) atoms. The number of carbonyl (C=O) groups excluding carboxylic acids is 3. The van der Waals surface area contributed by atoms with Crippen LogP contribution in [0.1, 0.15) is 70.4 Å². The number of benzene rings is 2. The molecule has 13 nitrogen and oxygen atoms in total.